The predicted octanol–water partition coefficient (Wildman–Crippen LogP) is 6.26. The molecule has 0 heterocycles. The van der Waals surface area contributed by atoms with E-state index in [0.29, 0.717) is 23.7 Å². The Hall–Kier alpha value is -3.11. The highest BCUT2D eigenvalue weighted by Crippen LogP contribution is 2.75. The number of nitrogens with zero attached hydrogens (tertiary/aromatic N) is 2. The second-order valence-electron chi connectivity index (χ2n) is 17.6. The number of hydrogen-bond acceptors (Lipinski definition) is 5. The zero-order valence-corrected chi connectivity index (χ0v) is 31.4. The minimum atomic E-state index is -0.974. The number of fused-ring (bicyclic) bond motifs is 7. The van der Waals surface area contributed by atoms with Crippen LogP contribution in [0.15, 0.2) is 16.6 Å². The smallest absolute Gasteiger partial charge is 0.310 e. The summed E-state index contributed by atoms with van der Waals surface area (Å²) in [5.41, 5.74) is 10.8. The topological polar surface area (TPSA) is 192 Å². The SMILES string of the molecule is CN(C)C(=N)N=C(N)N.C[C@@H]1CC[C@]2(C(=O)O)CC[C@]3(C)C(=CC[C@@H]4[C@@]5(C)CC[C@H](OC(=O)CCC(=O)O)C(C)(C)[C@@H]5CC[C@]43C)C2[C@H]1C. The number of rotatable bonds is 5. The minimum Gasteiger partial charge on any atom is -0.481 e. The van der Waals surface area contributed by atoms with Crippen molar-refractivity contribution in [3.8, 4) is 0 Å². The zero-order valence-electron chi connectivity index (χ0n) is 31.4. The number of allylic oxidation sites excluding steroid dienone is 2. The molecule has 5 aliphatic rings. The normalized spacial score (nSPS) is 40.2. The number of nitrogens with one attached hydrogen (secondary N) is 1. The van der Waals surface area contributed by atoms with E-state index in [1.807, 2.05) is 0 Å². The number of esters is 1. The Balaban J connectivity index is 0.000000529. The standard InChI is InChI=1S/C34H52O6.C4H11N5/c1-20-12-17-34(29(38)39)19-18-32(6)22(28(34)21(20)2)8-9-24-31(5)15-14-25(40-27(37)11-10-26(35)36)30(3,4)23(31)13-16-33(24,32)7;1-9(2)4(7)8-3(5)6/h8,20-21,23-25,28H,9-19H2,1-7H3,(H,35,36)(H,38,39);1-2H3,(H5,5,6,7,8)/t20-,21+,23+,24-,25+,28?,31+,32-,33-,34+;/m1./s1. The molecule has 11 heteroatoms. The summed E-state index contributed by atoms with van der Waals surface area (Å²) >= 11 is 0. The number of carbonyl (C=O) groups is 3. The van der Waals surface area contributed by atoms with Crippen LogP contribution in [0.4, 0.5) is 0 Å². The second kappa shape index (κ2) is 13.5. The molecular weight excluding hydrogens is 622 g/mol. The molecule has 5 aliphatic carbocycles. The molecule has 11 nitrogen and oxygen atoms in total. The molecule has 1 unspecified atom stereocenters. The maximum Gasteiger partial charge on any atom is 0.310 e. The number of carbonyl (C=O) groups excluding carboxylic acids is 1. The van der Waals surface area contributed by atoms with Gasteiger partial charge in [-0.25, -0.2) is 0 Å². The van der Waals surface area contributed by atoms with Crippen LogP contribution in [0.3, 0.4) is 0 Å². The van der Waals surface area contributed by atoms with E-state index in [0.717, 1.165) is 57.8 Å². The van der Waals surface area contributed by atoms with Crippen molar-refractivity contribution >= 4 is 29.8 Å². The van der Waals surface area contributed by atoms with Crippen LogP contribution in [-0.4, -0.2) is 65.1 Å². The minimum absolute atomic E-state index is 0.0108. The van der Waals surface area contributed by atoms with Crippen molar-refractivity contribution in [3.05, 3.63) is 11.6 Å². The van der Waals surface area contributed by atoms with Gasteiger partial charge in [-0.3, -0.25) is 19.8 Å². The Bertz CT molecular complexity index is 1390. The Morgan fingerprint density at radius 3 is 2.14 bits per heavy atom. The first-order chi connectivity index (χ1) is 22.6. The molecule has 276 valence electrons. The lowest BCUT2D eigenvalue weighted by atomic mass is 9.33. The van der Waals surface area contributed by atoms with E-state index in [1.165, 1.54) is 10.5 Å². The number of aliphatic imine (C=N–C) groups is 1. The van der Waals surface area contributed by atoms with E-state index in [4.69, 9.17) is 26.7 Å². The molecule has 0 radical (unpaired) electrons. The Kier molecular flexibility index (Phi) is 10.7. The number of carboxylic acid groups (broad SMARTS) is 2. The van der Waals surface area contributed by atoms with Crippen LogP contribution in [-0.2, 0) is 19.1 Å². The van der Waals surface area contributed by atoms with Crippen molar-refractivity contribution in [3.63, 3.8) is 0 Å². The number of nitrogens with two attached hydrogens (primary N) is 2. The van der Waals surface area contributed by atoms with Gasteiger partial charge >= 0.3 is 17.9 Å². The molecule has 10 atom stereocenters. The van der Waals surface area contributed by atoms with Crippen LogP contribution >= 0.6 is 0 Å². The Morgan fingerprint density at radius 1 is 0.939 bits per heavy atom. The summed E-state index contributed by atoms with van der Waals surface area (Å²) in [7, 11) is 3.38. The van der Waals surface area contributed by atoms with Gasteiger partial charge in [0.05, 0.1) is 18.3 Å². The number of hydrogen-bond donors (Lipinski definition) is 5. The van der Waals surface area contributed by atoms with E-state index >= 15 is 0 Å². The van der Waals surface area contributed by atoms with Gasteiger partial charge in [0, 0.05) is 19.5 Å². The van der Waals surface area contributed by atoms with Gasteiger partial charge in [0.15, 0.2) is 5.96 Å². The number of aliphatic carboxylic acids is 2. The van der Waals surface area contributed by atoms with Crippen LogP contribution in [0.1, 0.15) is 119 Å². The molecule has 4 fully saturated rings. The summed E-state index contributed by atoms with van der Waals surface area (Å²) in [5, 5.41) is 26.6. The Labute approximate surface area is 293 Å². The van der Waals surface area contributed by atoms with E-state index in [1.54, 1.807) is 14.1 Å². The van der Waals surface area contributed by atoms with E-state index in [2.05, 4.69) is 59.5 Å². The molecule has 0 aromatic rings. The van der Waals surface area contributed by atoms with Gasteiger partial charge in [-0.2, -0.15) is 4.99 Å². The van der Waals surface area contributed by atoms with Crippen molar-refractivity contribution in [2.75, 3.05) is 14.1 Å². The van der Waals surface area contributed by atoms with Gasteiger partial charge in [0.1, 0.15) is 6.10 Å². The lowest BCUT2D eigenvalue weighted by Crippen LogP contribution is -2.65. The van der Waals surface area contributed by atoms with E-state index in [9.17, 15) is 19.5 Å². The lowest BCUT2D eigenvalue weighted by molar-refractivity contribution is -0.214. The van der Waals surface area contributed by atoms with Crippen LogP contribution in [0.5, 0.6) is 0 Å². The maximum atomic E-state index is 12.9. The molecule has 0 bridgehead atoms. The van der Waals surface area contributed by atoms with Crippen molar-refractivity contribution in [1.29, 1.82) is 5.41 Å². The zero-order chi connectivity index (χ0) is 36.9. The van der Waals surface area contributed by atoms with Gasteiger partial charge in [0.25, 0.3) is 0 Å². The van der Waals surface area contributed by atoms with Crippen LogP contribution in [0.2, 0.25) is 0 Å². The highest BCUT2D eigenvalue weighted by Gasteiger charge is 2.69. The third-order valence-corrected chi connectivity index (χ3v) is 14.8. The lowest BCUT2D eigenvalue weighted by Gasteiger charge is -2.71. The van der Waals surface area contributed by atoms with Gasteiger partial charge in [-0.1, -0.05) is 60.1 Å². The summed E-state index contributed by atoms with van der Waals surface area (Å²) in [6.45, 7) is 16.6. The van der Waals surface area contributed by atoms with E-state index < -0.39 is 23.3 Å². The first-order valence-electron chi connectivity index (χ1n) is 18.3. The fourth-order valence-corrected chi connectivity index (χ4v) is 11.7. The van der Waals surface area contributed by atoms with Gasteiger partial charge in [0.2, 0.25) is 5.96 Å². The van der Waals surface area contributed by atoms with Crippen LogP contribution in [0, 0.1) is 62.1 Å². The molecule has 0 aromatic heterocycles. The largest absolute Gasteiger partial charge is 0.481 e. The number of ether oxygens (including phenoxy) is 1. The fourth-order valence-electron chi connectivity index (χ4n) is 11.7. The molecule has 5 rings (SSSR count). The van der Waals surface area contributed by atoms with Crippen molar-refractivity contribution < 1.29 is 29.3 Å². The summed E-state index contributed by atoms with van der Waals surface area (Å²) in [5.74, 6) is -0.0825. The molecule has 0 spiro atoms. The van der Waals surface area contributed by atoms with Crippen LogP contribution < -0.4 is 11.5 Å². The van der Waals surface area contributed by atoms with Crippen LogP contribution in [0.25, 0.3) is 0 Å². The van der Waals surface area contributed by atoms with Crippen molar-refractivity contribution in [2.24, 2.45) is 73.1 Å². The maximum absolute atomic E-state index is 12.9. The average molecular weight is 686 g/mol. The summed E-state index contributed by atoms with van der Waals surface area (Å²) in [6, 6.07) is 0. The molecule has 49 heavy (non-hydrogen) atoms. The van der Waals surface area contributed by atoms with E-state index in [-0.39, 0.29) is 58.4 Å². The van der Waals surface area contributed by atoms with Crippen molar-refractivity contribution in [2.45, 2.75) is 125 Å². The van der Waals surface area contributed by atoms with Crippen molar-refractivity contribution in [1.82, 2.24) is 4.90 Å². The molecular formula is C38H63N5O6. The summed E-state index contributed by atoms with van der Waals surface area (Å²) in [4.78, 5) is 41.4. The number of carboxylic acids is 2. The molecule has 4 saturated carbocycles. The summed E-state index contributed by atoms with van der Waals surface area (Å²) < 4.78 is 5.96. The molecule has 0 saturated heterocycles. The molecule has 7 N–H and O–H groups in total. The van der Waals surface area contributed by atoms with Gasteiger partial charge in [-0.15, -0.1) is 0 Å². The number of guanidine groups is 2. The molecule has 0 amide bonds. The first-order valence-corrected chi connectivity index (χ1v) is 18.3. The average Bonchev–Trinajstić information content (AvgIpc) is 2.99. The second-order valence-corrected chi connectivity index (χ2v) is 17.6. The Morgan fingerprint density at radius 2 is 1.59 bits per heavy atom. The predicted molar refractivity (Wildman–Crippen MR) is 191 cm³/mol. The third kappa shape index (κ3) is 6.48. The highest BCUT2D eigenvalue weighted by atomic mass is 16.5. The quantitative estimate of drug-likeness (QED) is 0.0961. The molecule has 0 aromatic carbocycles. The van der Waals surface area contributed by atoms with Gasteiger partial charge < -0.3 is 31.3 Å². The fraction of sp³-hybridized carbons (Fsp3) is 0.816. The first kappa shape index (κ1) is 38.7. The summed E-state index contributed by atoms with van der Waals surface area (Å²) in [6.07, 6.45) is 10.6. The monoisotopic (exact) mass is 685 g/mol. The third-order valence-electron chi connectivity index (χ3n) is 14.8. The van der Waals surface area contributed by atoms with Gasteiger partial charge in [-0.05, 0) is 104 Å². The molecule has 0 aliphatic heterocycles. The highest BCUT2D eigenvalue weighted by molar-refractivity contribution is 5.91.